The highest BCUT2D eigenvalue weighted by Gasteiger charge is 2.28. The number of carbonyl (C=O) groups is 2. The van der Waals surface area contributed by atoms with E-state index in [1.165, 1.54) is 0 Å². The van der Waals surface area contributed by atoms with Gasteiger partial charge >= 0.3 is 12.0 Å². The van der Waals surface area contributed by atoms with Gasteiger partial charge in [-0.15, -0.1) is 0 Å². The Bertz CT molecular complexity index is 369. The average molecular weight is 254 g/mol. The molecule has 100 valence electrons. The molecule has 0 aromatic rings. The summed E-state index contributed by atoms with van der Waals surface area (Å²) in [5, 5.41) is 21.1. The van der Waals surface area contributed by atoms with Crippen LogP contribution < -0.4 is 5.32 Å². The average Bonchev–Trinajstić information content (AvgIpc) is 2.77. The third kappa shape index (κ3) is 3.01. The number of carboxylic acids is 1. The predicted octanol–water partition coefficient (Wildman–Crippen LogP) is 0.182. The lowest BCUT2D eigenvalue weighted by atomic mass is 10.1. The van der Waals surface area contributed by atoms with Gasteiger partial charge in [-0.3, -0.25) is 4.79 Å². The van der Waals surface area contributed by atoms with Crippen molar-refractivity contribution in [2.24, 2.45) is 5.92 Å². The van der Waals surface area contributed by atoms with Gasteiger partial charge in [0.25, 0.3) is 0 Å². The first kappa shape index (κ1) is 12.9. The van der Waals surface area contributed by atoms with Crippen LogP contribution in [0.5, 0.6) is 0 Å². The Morgan fingerprint density at radius 2 is 2.11 bits per heavy atom. The Labute approximate surface area is 105 Å². The molecule has 18 heavy (non-hydrogen) atoms. The first-order valence-electron chi connectivity index (χ1n) is 6.21. The zero-order chi connectivity index (χ0) is 13.1. The van der Waals surface area contributed by atoms with Crippen molar-refractivity contribution in [3.63, 3.8) is 0 Å². The van der Waals surface area contributed by atoms with E-state index in [1.54, 1.807) is 17.1 Å². The van der Waals surface area contributed by atoms with Crippen LogP contribution >= 0.6 is 0 Å². The van der Waals surface area contributed by atoms with E-state index in [1.807, 2.05) is 0 Å². The number of carbonyl (C=O) groups excluding carboxylic acids is 1. The second kappa shape index (κ2) is 5.39. The quantitative estimate of drug-likeness (QED) is 0.613. The summed E-state index contributed by atoms with van der Waals surface area (Å²) in [4.78, 5) is 24.2. The topological polar surface area (TPSA) is 89.9 Å². The number of nitrogens with one attached hydrogen (secondary N) is 1. The molecule has 0 radical (unpaired) electrons. The van der Waals surface area contributed by atoms with Crippen molar-refractivity contribution in [3.05, 3.63) is 12.2 Å². The van der Waals surface area contributed by atoms with E-state index in [-0.39, 0.29) is 12.1 Å². The molecule has 1 saturated heterocycles. The molecule has 0 aromatic carbocycles. The molecule has 0 bridgehead atoms. The lowest BCUT2D eigenvalue weighted by molar-refractivity contribution is -0.140. The van der Waals surface area contributed by atoms with Crippen molar-refractivity contribution in [3.8, 4) is 0 Å². The maximum Gasteiger partial charge on any atom is 0.317 e. The lowest BCUT2D eigenvalue weighted by Gasteiger charge is -2.31. The predicted molar refractivity (Wildman–Crippen MR) is 64.0 cm³/mol. The molecule has 2 aliphatic rings. The van der Waals surface area contributed by atoms with Crippen molar-refractivity contribution in [1.29, 1.82) is 0 Å². The summed E-state index contributed by atoms with van der Waals surface area (Å²) in [6.45, 7) is 0.992. The fourth-order valence-electron chi connectivity index (χ4n) is 2.38. The molecular formula is C12H18N2O4. The molecule has 1 heterocycles. The maximum absolute atomic E-state index is 11.9. The van der Waals surface area contributed by atoms with Gasteiger partial charge in [0.05, 0.1) is 18.1 Å². The zero-order valence-electron chi connectivity index (χ0n) is 10.1. The van der Waals surface area contributed by atoms with Gasteiger partial charge in [0.2, 0.25) is 0 Å². The van der Waals surface area contributed by atoms with Crippen LogP contribution in [0.25, 0.3) is 0 Å². The molecule has 1 aliphatic heterocycles. The van der Waals surface area contributed by atoms with E-state index in [0.717, 1.165) is 12.8 Å². The summed E-state index contributed by atoms with van der Waals surface area (Å²) in [6.07, 6.45) is 4.81. The number of hydrogen-bond donors (Lipinski definition) is 3. The van der Waals surface area contributed by atoms with Crippen LogP contribution in [-0.4, -0.2) is 52.3 Å². The van der Waals surface area contributed by atoms with Gasteiger partial charge in [-0.25, -0.2) is 4.79 Å². The van der Waals surface area contributed by atoms with E-state index < -0.39 is 18.0 Å². The molecule has 2 rings (SSSR count). The molecule has 6 nitrogen and oxygen atoms in total. The van der Waals surface area contributed by atoms with Gasteiger partial charge in [0.15, 0.2) is 0 Å². The number of amides is 2. The molecule has 3 N–H and O–H groups in total. The van der Waals surface area contributed by atoms with Crippen LogP contribution in [0.1, 0.15) is 19.3 Å². The third-order valence-electron chi connectivity index (χ3n) is 3.39. The standard InChI is InChI=1S/C12H18N2O4/c15-10-2-1-5-14(7-10)12(18)13-9-4-3-8(6-9)11(16)17/h3-4,8-10,15H,1-2,5-7H2,(H,13,18)(H,16,17). The number of hydrogen-bond acceptors (Lipinski definition) is 3. The molecule has 3 atom stereocenters. The number of urea groups is 1. The van der Waals surface area contributed by atoms with E-state index in [2.05, 4.69) is 5.32 Å². The summed E-state index contributed by atoms with van der Waals surface area (Å²) < 4.78 is 0. The molecule has 0 spiro atoms. The van der Waals surface area contributed by atoms with Crippen molar-refractivity contribution >= 4 is 12.0 Å². The van der Waals surface area contributed by atoms with Gasteiger partial charge < -0.3 is 20.4 Å². The summed E-state index contributed by atoms with van der Waals surface area (Å²) in [5.41, 5.74) is 0. The molecular weight excluding hydrogens is 236 g/mol. The van der Waals surface area contributed by atoms with Gasteiger partial charge in [-0.1, -0.05) is 12.2 Å². The number of nitrogens with zero attached hydrogens (tertiary/aromatic N) is 1. The second-order valence-electron chi connectivity index (χ2n) is 4.86. The van der Waals surface area contributed by atoms with Crippen molar-refractivity contribution in [2.75, 3.05) is 13.1 Å². The van der Waals surface area contributed by atoms with Gasteiger partial charge in [-0.05, 0) is 19.3 Å². The Hall–Kier alpha value is -1.56. The second-order valence-corrected chi connectivity index (χ2v) is 4.86. The molecule has 1 fully saturated rings. The normalized spacial score (nSPS) is 31.4. The number of piperidine rings is 1. The Morgan fingerprint density at radius 1 is 1.33 bits per heavy atom. The van der Waals surface area contributed by atoms with E-state index in [9.17, 15) is 14.7 Å². The number of β-amino-alcohol motifs (C(OH)–C–C–N with tert-alkyl or cyclic N) is 1. The first-order valence-corrected chi connectivity index (χ1v) is 6.21. The van der Waals surface area contributed by atoms with Crippen molar-refractivity contribution in [1.82, 2.24) is 10.2 Å². The van der Waals surface area contributed by atoms with Crippen LogP contribution in [0.15, 0.2) is 12.2 Å². The smallest absolute Gasteiger partial charge is 0.317 e. The van der Waals surface area contributed by atoms with E-state index in [4.69, 9.17) is 5.11 Å². The lowest BCUT2D eigenvalue weighted by Crippen LogP contribution is -2.49. The third-order valence-corrected chi connectivity index (χ3v) is 3.39. The largest absolute Gasteiger partial charge is 0.481 e. The highest BCUT2D eigenvalue weighted by Crippen LogP contribution is 2.18. The molecule has 2 amide bonds. The van der Waals surface area contributed by atoms with Crippen molar-refractivity contribution < 1.29 is 19.8 Å². The number of carboxylic acid groups (broad SMARTS) is 1. The minimum atomic E-state index is -0.864. The first-order chi connectivity index (χ1) is 8.56. The minimum absolute atomic E-state index is 0.224. The van der Waals surface area contributed by atoms with Crippen LogP contribution in [0.3, 0.4) is 0 Å². The summed E-state index contributed by atoms with van der Waals surface area (Å²) in [7, 11) is 0. The van der Waals surface area contributed by atoms with E-state index in [0.29, 0.717) is 19.5 Å². The van der Waals surface area contributed by atoms with Crippen LogP contribution in [0.4, 0.5) is 4.79 Å². The fraction of sp³-hybridized carbons (Fsp3) is 0.667. The molecule has 6 heteroatoms. The Kier molecular flexibility index (Phi) is 3.86. The van der Waals surface area contributed by atoms with Gasteiger partial charge in [0.1, 0.15) is 0 Å². The monoisotopic (exact) mass is 254 g/mol. The highest BCUT2D eigenvalue weighted by atomic mass is 16.4. The SMILES string of the molecule is O=C(O)C1C=CC(NC(=O)N2CCCC(O)C2)C1. The zero-order valence-corrected chi connectivity index (χ0v) is 10.1. The Balaban J connectivity index is 1.82. The number of aliphatic hydroxyl groups excluding tert-OH is 1. The summed E-state index contributed by atoms with van der Waals surface area (Å²) in [6, 6.07) is -0.452. The Morgan fingerprint density at radius 3 is 2.72 bits per heavy atom. The number of aliphatic hydroxyl groups is 1. The number of likely N-dealkylation sites (tertiary alicyclic amines) is 1. The maximum atomic E-state index is 11.9. The van der Waals surface area contributed by atoms with Gasteiger partial charge in [0, 0.05) is 13.1 Å². The van der Waals surface area contributed by atoms with Crippen LogP contribution in [0, 0.1) is 5.92 Å². The molecule has 3 unspecified atom stereocenters. The number of rotatable bonds is 2. The molecule has 1 aliphatic carbocycles. The van der Waals surface area contributed by atoms with Gasteiger partial charge in [-0.2, -0.15) is 0 Å². The van der Waals surface area contributed by atoms with Crippen LogP contribution in [-0.2, 0) is 4.79 Å². The highest BCUT2D eigenvalue weighted by molar-refractivity contribution is 5.76. The summed E-state index contributed by atoms with van der Waals surface area (Å²) >= 11 is 0. The van der Waals surface area contributed by atoms with E-state index >= 15 is 0 Å². The molecule has 0 aromatic heterocycles. The summed E-state index contributed by atoms with van der Waals surface area (Å²) in [5.74, 6) is -1.38. The fourth-order valence-corrected chi connectivity index (χ4v) is 2.38. The van der Waals surface area contributed by atoms with Crippen LogP contribution in [0.2, 0.25) is 0 Å². The number of aliphatic carboxylic acids is 1. The minimum Gasteiger partial charge on any atom is -0.481 e. The molecule has 0 saturated carbocycles. The van der Waals surface area contributed by atoms with Crippen molar-refractivity contribution in [2.45, 2.75) is 31.4 Å².